The van der Waals surface area contributed by atoms with E-state index in [1.54, 1.807) is 6.07 Å². The second-order valence-corrected chi connectivity index (χ2v) is 5.10. The molecule has 0 atom stereocenters. The van der Waals surface area contributed by atoms with Gasteiger partial charge in [0.25, 0.3) is 5.91 Å². The van der Waals surface area contributed by atoms with E-state index in [0.717, 1.165) is 0 Å². The standard InChI is InChI=1S/C12H18N2O3S/c1-9(2)8-17-12(16)14-6-5-13-11(15)10-4-3-7-18-10/h3-4,7,9H,5-6,8H2,1-2H3,(H,13,15)(H,14,16). The minimum atomic E-state index is -0.450. The van der Waals surface area contributed by atoms with Crippen LogP contribution >= 0.6 is 11.3 Å². The van der Waals surface area contributed by atoms with E-state index in [9.17, 15) is 9.59 Å². The molecular weight excluding hydrogens is 252 g/mol. The van der Waals surface area contributed by atoms with E-state index in [1.807, 2.05) is 25.3 Å². The summed E-state index contributed by atoms with van der Waals surface area (Å²) in [7, 11) is 0. The fourth-order valence-corrected chi connectivity index (χ4v) is 1.77. The summed E-state index contributed by atoms with van der Waals surface area (Å²) in [6, 6.07) is 3.57. The quantitative estimate of drug-likeness (QED) is 0.775. The van der Waals surface area contributed by atoms with Gasteiger partial charge in [-0.1, -0.05) is 19.9 Å². The lowest BCUT2D eigenvalue weighted by Gasteiger charge is -2.09. The largest absolute Gasteiger partial charge is 0.449 e. The summed E-state index contributed by atoms with van der Waals surface area (Å²) in [6.45, 7) is 5.07. The predicted molar refractivity (Wildman–Crippen MR) is 70.8 cm³/mol. The van der Waals surface area contributed by atoms with Crippen LogP contribution in [0.2, 0.25) is 0 Å². The molecule has 5 nitrogen and oxygen atoms in total. The number of amides is 2. The average Bonchev–Trinajstić information content (AvgIpc) is 2.85. The van der Waals surface area contributed by atoms with Crippen LogP contribution in [0, 0.1) is 5.92 Å². The lowest BCUT2D eigenvalue weighted by Crippen LogP contribution is -2.35. The van der Waals surface area contributed by atoms with Crippen LogP contribution in [-0.2, 0) is 4.74 Å². The van der Waals surface area contributed by atoms with Crippen molar-refractivity contribution in [2.45, 2.75) is 13.8 Å². The van der Waals surface area contributed by atoms with Gasteiger partial charge < -0.3 is 15.4 Å². The third-order valence-electron chi connectivity index (χ3n) is 1.97. The molecule has 0 aliphatic carbocycles. The molecule has 1 aromatic heterocycles. The molecule has 0 aliphatic rings. The molecule has 0 unspecified atom stereocenters. The topological polar surface area (TPSA) is 67.4 Å². The number of thiophene rings is 1. The molecule has 0 spiro atoms. The molecule has 1 aromatic rings. The Morgan fingerprint density at radius 2 is 2.06 bits per heavy atom. The Labute approximate surface area is 111 Å². The van der Waals surface area contributed by atoms with Crippen LogP contribution in [0.25, 0.3) is 0 Å². The molecule has 2 N–H and O–H groups in total. The fourth-order valence-electron chi connectivity index (χ4n) is 1.13. The van der Waals surface area contributed by atoms with Gasteiger partial charge in [0.2, 0.25) is 0 Å². The van der Waals surface area contributed by atoms with Gasteiger partial charge in [-0.25, -0.2) is 4.79 Å². The first-order chi connectivity index (χ1) is 8.59. The van der Waals surface area contributed by atoms with Crippen molar-refractivity contribution in [2.75, 3.05) is 19.7 Å². The minimum absolute atomic E-state index is 0.123. The monoisotopic (exact) mass is 270 g/mol. The van der Waals surface area contributed by atoms with Gasteiger partial charge in [0.1, 0.15) is 0 Å². The summed E-state index contributed by atoms with van der Waals surface area (Å²) in [4.78, 5) is 23.4. The van der Waals surface area contributed by atoms with E-state index in [2.05, 4.69) is 10.6 Å². The van der Waals surface area contributed by atoms with Gasteiger partial charge in [0, 0.05) is 13.1 Å². The van der Waals surface area contributed by atoms with E-state index in [4.69, 9.17) is 4.74 Å². The number of hydrogen-bond donors (Lipinski definition) is 2. The first-order valence-corrected chi connectivity index (χ1v) is 6.70. The van der Waals surface area contributed by atoms with Gasteiger partial charge in [-0.05, 0) is 17.4 Å². The smallest absolute Gasteiger partial charge is 0.407 e. The van der Waals surface area contributed by atoms with E-state index < -0.39 is 6.09 Å². The van der Waals surface area contributed by atoms with Crippen molar-refractivity contribution >= 4 is 23.3 Å². The van der Waals surface area contributed by atoms with Gasteiger partial charge in [-0.15, -0.1) is 11.3 Å². The van der Waals surface area contributed by atoms with Crippen LogP contribution in [0.15, 0.2) is 17.5 Å². The Balaban J connectivity index is 2.08. The number of carbonyl (C=O) groups excluding carboxylic acids is 2. The maximum absolute atomic E-state index is 11.5. The lowest BCUT2D eigenvalue weighted by atomic mass is 10.2. The molecule has 2 amide bonds. The van der Waals surface area contributed by atoms with Crippen molar-refractivity contribution in [3.05, 3.63) is 22.4 Å². The minimum Gasteiger partial charge on any atom is -0.449 e. The first kappa shape index (κ1) is 14.5. The Morgan fingerprint density at radius 3 is 2.67 bits per heavy atom. The zero-order chi connectivity index (χ0) is 13.4. The molecule has 0 aliphatic heterocycles. The molecule has 0 bridgehead atoms. The van der Waals surface area contributed by atoms with Crippen LogP contribution in [0.3, 0.4) is 0 Å². The van der Waals surface area contributed by atoms with E-state index in [1.165, 1.54) is 11.3 Å². The van der Waals surface area contributed by atoms with E-state index in [-0.39, 0.29) is 5.91 Å². The SMILES string of the molecule is CC(C)COC(=O)NCCNC(=O)c1cccs1. The number of carbonyl (C=O) groups is 2. The van der Waals surface area contributed by atoms with Crippen molar-refractivity contribution in [3.8, 4) is 0 Å². The Hall–Kier alpha value is -1.56. The van der Waals surface area contributed by atoms with E-state index >= 15 is 0 Å². The normalized spacial score (nSPS) is 10.2. The predicted octanol–water partition coefficient (Wildman–Crippen LogP) is 1.86. The summed E-state index contributed by atoms with van der Waals surface area (Å²) in [5.41, 5.74) is 0. The van der Waals surface area contributed by atoms with Crippen molar-refractivity contribution in [1.29, 1.82) is 0 Å². The molecule has 18 heavy (non-hydrogen) atoms. The van der Waals surface area contributed by atoms with Crippen LogP contribution in [0.5, 0.6) is 0 Å². The van der Waals surface area contributed by atoms with Gasteiger partial charge in [0.05, 0.1) is 11.5 Å². The maximum Gasteiger partial charge on any atom is 0.407 e. The highest BCUT2D eigenvalue weighted by Gasteiger charge is 2.06. The van der Waals surface area contributed by atoms with Gasteiger partial charge in [-0.2, -0.15) is 0 Å². The number of ether oxygens (including phenoxy) is 1. The fraction of sp³-hybridized carbons (Fsp3) is 0.500. The third kappa shape index (κ3) is 5.67. The van der Waals surface area contributed by atoms with Crippen LogP contribution in [-0.4, -0.2) is 31.7 Å². The van der Waals surface area contributed by atoms with Crippen molar-refractivity contribution < 1.29 is 14.3 Å². The molecule has 6 heteroatoms. The molecule has 0 saturated heterocycles. The second-order valence-electron chi connectivity index (χ2n) is 4.15. The highest BCUT2D eigenvalue weighted by Crippen LogP contribution is 2.07. The summed E-state index contributed by atoms with van der Waals surface area (Å²) in [6.07, 6.45) is -0.450. The highest BCUT2D eigenvalue weighted by molar-refractivity contribution is 7.12. The molecule has 0 fully saturated rings. The summed E-state index contributed by atoms with van der Waals surface area (Å²) >= 11 is 1.38. The third-order valence-corrected chi connectivity index (χ3v) is 2.84. The molecule has 1 rings (SSSR count). The van der Waals surface area contributed by atoms with Gasteiger partial charge in [-0.3, -0.25) is 4.79 Å². The van der Waals surface area contributed by atoms with Crippen molar-refractivity contribution in [2.24, 2.45) is 5.92 Å². The number of rotatable bonds is 6. The number of hydrogen-bond acceptors (Lipinski definition) is 4. The summed E-state index contributed by atoms with van der Waals surface area (Å²) in [5, 5.41) is 7.12. The average molecular weight is 270 g/mol. The molecule has 0 radical (unpaired) electrons. The Bertz CT molecular complexity index is 377. The molecule has 0 saturated carbocycles. The van der Waals surface area contributed by atoms with Crippen LogP contribution in [0.1, 0.15) is 23.5 Å². The van der Waals surface area contributed by atoms with E-state index in [0.29, 0.717) is 30.5 Å². The zero-order valence-electron chi connectivity index (χ0n) is 10.6. The maximum atomic E-state index is 11.5. The Morgan fingerprint density at radius 1 is 1.33 bits per heavy atom. The van der Waals surface area contributed by atoms with Crippen LogP contribution in [0.4, 0.5) is 4.79 Å². The number of alkyl carbamates (subject to hydrolysis) is 1. The zero-order valence-corrected chi connectivity index (χ0v) is 11.4. The Kier molecular flexibility index (Phi) is 6.21. The summed E-state index contributed by atoms with van der Waals surface area (Å²) < 4.78 is 4.92. The second kappa shape index (κ2) is 7.71. The van der Waals surface area contributed by atoms with Gasteiger partial charge >= 0.3 is 6.09 Å². The van der Waals surface area contributed by atoms with Gasteiger partial charge in [0.15, 0.2) is 0 Å². The first-order valence-electron chi connectivity index (χ1n) is 5.82. The van der Waals surface area contributed by atoms with Crippen molar-refractivity contribution in [1.82, 2.24) is 10.6 Å². The molecule has 100 valence electrons. The van der Waals surface area contributed by atoms with Crippen LogP contribution < -0.4 is 10.6 Å². The molecule has 1 heterocycles. The molecule has 0 aromatic carbocycles. The highest BCUT2D eigenvalue weighted by atomic mass is 32.1. The summed E-state index contributed by atoms with van der Waals surface area (Å²) in [5.74, 6) is 0.191. The lowest BCUT2D eigenvalue weighted by molar-refractivity contribution is 0.0955. The van der Waals surface area contributed by atoms with Crippen molar-refractivity contribution in [3.63, 3.8) is 0 Å². The molecular formula is C12H18N2O3S. The number of nitrogens with one attached hydrogen (secondary N) is 2.